The zero-order valence-electron chi connectivity index (χ0n) is 13.1. The number of rotatable bonds is 6. The summed E-state index contributed by atoms with van der Waals surface area (Å²) < 4.78 is 16.3. The minimum atomic E-state index is -1.51. The standard InChI is InChI=1S/C15H25NO5/c1-6-11(19-5)15(18)8-10(20-13(17)16-15)9(3)12-14(4,7-2)21-12/h6,9-12,18H,1,7-8H2,2-5H3,(H,16,17). The molecule has 120 valence electrons. The molecule has 2 N–H and O–H groups in total. The summed E-state index contributed by atoms with van der Waals surface area (Å²) >= 11 is 0. The minimum absolute atomic E-state index is 0.00477. The average Bonchev–Trinajstić information content (AvgIpc) is 3.11. The molecular weight excluding hydrogens is 274 g/mol. The van der Waals surface area contributed by atoms with E-state index >= 15 is 0 Å². The highest BCUT2D eigenvalue weighted by Gasteiger charge is 2.57. The number of carbonyl (C=O) groups is 1. The SMILES string of the molecule is C=CC(OC)C1(O)CC(C(C)C2OC2(C)CC)OC(=O)N1. The molecule has 2 fully saturated rings. The van der Waals surface area contributed by atoms with Crippen molar-refractivity contribution >= 4 is 6.09 Å². The Kier molecular flexibility index (Phi) is 4.33. The van der Waals surface area contributed by atoms with Crippen LogP contribution in [0.1, 0.15) is 33.6 Å². The van der Waals surface area contributed by atoms with Gasteiger partial charge < -0.3 is 19.3 Å². The van der Waals surface area contributed by atoms with E-state index in [9.17, 15) is 9.90 Å². The molecule has 21 heavy (non-hydrogen) atoms. The largest absolute Gasteiger partial charge is 0.446 e. The van der Waals surface area contributed by atoms with Gasteiger partial charge in [-0.2, -0.15) is 0 Å². The zero-order valence-corrected chi connectivity index (χ0v) is 13.1. The van der Waals surface area contributed by atoms with E-state index in [0.717, 1.165) is 6.42 Å². The Morgan fingerprint density at radius 2 is 2.33 bits per heavy atom. The van der Waals surface area contributed by atoms with Crippen molar-refractivity contribution in [2.24, 2.45) is 5.92 Å². The summed E-state index contributed by atoms with van der Waals surface area (Å²) in [5.74, 6) is -0.00477. The van der Waals surface area contributed by atoms with Gasteiger partial charge in [-0.25, -0.2) is 4.79 Å². The van der Waals surface area contributed by atoms with Gasteiger partial charge in [0.15, 0.2) is 5.72 Å². The second kappa shape index (κ2) is 5.59. The van der Waals surface area contributed by atoms with Crippen LogP contribution in [0.2, 0.25) is 0 Å². The second-order valence-corrected chi connectivity index (χ2v) is 6.15. The van der Waals surface area contributed by atoms with Gasteiger partial charge in [-0.15, -0.1) is 6.58 Å². The van der Waals surface area contributed by atoms with Crippen LogP contribution in [0.25, 0.3) is 0 Å². The van der Waals surface area contributed by atoms with Crippen LogP contribution in [0, 0.1) is 5.92 Å². The maximum Gasteiger partial charge on any atom is 0.409 e. The van der Waals surface area contributed by atoms with Gasteiger partial charge >= 0.3 is 6.09 Å². The third kappa shape index (κ3) is 2.93. The summed E-state index contributed by atoms with van der Waals surface area (Å²) in [6.07, 6.45) is 0.855. The molecule has 0 aromatic rings. The number of epoxide rings is 1. The lowest BCUT2D eigenvalue weighted by Crippen LogP contribution is -2.63. The lowest BCUT2D eigenvalue weighted by atomic mass is 9.85. The Labute approximate surface area is 125 Å². The van der Waals surface area contributed by atoms with Crippen LogP contribution in [-0.4, -0.2) is 47.9 Å². The van der Waals surface area contributed by atoms with Gasteiger partial charge in [0.05, 0.1) is 11.7 Å². The van der Waals surface area contributed by atoms with Gasteiger partial charge in [-0.1, -0.05) is 19.9 Å². The number of aliphatic hydroxyl groups is 1. The van der Waals surface area contributed by atoms with E-state index in [2.05, 4.69) is 18.8 Å². The van der Waals surface area contributed by atoms with Crippen LogP contribution in [0.15, 0.2) is 12.7 Å². The minimum Gasteiger partial charge on any atom is -0.446 e. The van der Waals surface area contributed by atoms with E-state index < -0.39 is 24.0 Å². The lowest BCUT2D eigenvalue weighted by molar-refractivity contribution is -0.142. The van der Waals surface area contributed by atoms with Gasteiger partial charge in [-0.3, -0.25) is 5.32 Å². The number of hydrogen-bond acceptors (Lipinski definition) is 5. The summed E-state index contributed by atoms with van der Waals surface area (Å²) in [6.45, 7) is 9.72. The monoisotopic (exact) mass is 299 g/mol. The molecule has 2 aliphatic heterocycles. The topological polar surface area (TPSA) is 80.3 Å². The summed E-state index contributed by atoms with van der Waals surface area (Å²) in [7, 11) is 1.46. The molecule has 0 aliphatic carbocycles. The Morgan fingerprint density at radius 1 is 1.67 bits per heavy atom. The molecule has 1 amide bonds. The van der Waals surface area contributed by atoms with Gasteiger partial charge in [-0.05, 0) is 13.3 Å². The molecule has 2 rings (SSSR count). The summed E-state index contributed by atoms with van der Waals surface area (Å²) in [4.78, 5) is 11.8. The normalized spacial score (nSPS) is 41.7. The maximum atomic E-state index is 11.8. The summed E-state index contributed by atoms with van der Waals surface area (Å²) in [6, 6.07) is 0. The fourth-order valence-corrected chi connectivity index (χ4v) is 3.11. The molecule has 0 spiro atoms. The van der Waals surface area contributed by atoms with E-state index in [1.165, 1.54) is 13.2 Å². The first-order valence-corrected chi connectivity index (χ1v) is 7.34. The van der Waals surface area contributed by atoms with Crippen molar-refractivity contribution in [3.05, 3.63) is 12.7 Å². The van der Waals surface area contributed by atoms with Crippen LogP contribution in [0.5, 0.6) is 0 Å². The van der Waals surface area contributed by atoms with Crippen molar-refractivity contribution in [2.75, 3.05) is 7.11 Å². The van der Waals surface area contributed by atoms with Crippen molar-refractivity contribution in [3.8, 4) is 0 Å². The number of methoxy groups -OCH3 is 1. The molecule has 0 aromatic heterocycles. The van der Waals surface area contributed by atoms with E-state index in [-0.39, 0.29) is 24.0 Å². The number of ether oxygens (including phenoxy) is 3. The van der Waals surface area contributed by atoms with Gasteiger partial charge in [0.1, 0.15) is 12.2 Å². The Bertz CT molecular complexity index is 428. The molecule has 6 heteroatoms. The fraction of sp³-hybridized carbons (Fsp3) is 0.800. The van der Waals surface area contributed by atoms with Crippen molar-refractivity contribution in [1.82, 2.24) is 5.32 Å². The number of nitrogens with one attached hydrogen (secondary N) is 1. The highest BCUT2D eigenvalue weighted by Crippen LogP contribution is 2.46. The van der Waals surface area contributed by atoms with Crippen molar-refractivity contribution in [1.29, 1.82) is 0 Å². The van der Waals surface area contributed by atoms with Crippen molar-refractivity contribution in [3.63, 3.8) is 0 Å². The Morgan fingerprint density at radius 3 is 2.81 bits per heavy atom. The van der Waals surface area contributed by atoms with Gasteiger partial charge in [0.2, 0.25) is 0 Å². The molecule has 0 saturated carbocycles. The van der Waals surface area contributed by atoms with E-state index in [0.29, 0.717) is 0 Å². The first kappa shape index (κ1) is 16.3. The van der Waals surface area contributed by atoms with Gasteiger partial charge in [0.25, 0.3) is 0 Å². The number of alkyl carbamates (subject to hydrolysis) is 1. The molecule has 6 nitrogen and oxygen atoms in total. The Hall–Kier alpha value is -1.11. The number of amides is 1. The molecular formula is C15H25NO5. The van der Waals surface area contributed by atoms with Gasteiger partial charge in [0, 0.05) is 19.4 Å². The highest BCUT2D eigenvalue weighted by molar-refractivity contribution is 5.69. The first-order chi connectivity index (χ1) is 9.79. The van der Waals surface area contributed by atoms with Crippen LogP contribution in [0.4, 0.5) is 4.79 Å². The van der Waals surface area contributed by atoms with Crippen LogP contribution in [0.3, 0.4) is 0 Å². The van der Waals surface area contributed by atoms with E-state index in [4.69, 9.17) is 14.2 Å². The molecule has 0 aromatic carbocycles. The third-order valence-corrected chi connectivity index (χ3v) is 4.73. The molecule has 0 radical (unpaired) electrons. The predicted molar refractivity (Wildman–Crippen MR) is 76.7 cm³/mol. The highest BCUT2D eigenvalue weighted by atomic mass is 16.6. The van der Waals surface area contributed by atoms with Crippen molar-refractivity contribution < 1.29 is 24.1 Å². The first-order valence-electron chi connectivity index (χ1n) is 7.34. The summed E-state index contributed by atoms with van der Waals surface area (Å²) in [5, 5.41) is 13.1. The molecule has 2 saturated heterocycles. The predicted octanol–water partition coefficient (Wildman–Crippen LogP) is 1.58. The Balaban J connectivity index is 2.11. The van der Waals surface area contributed by atoms with Crippen LogP contribution >= 0.6 is 0 Å². The zero-order chi connectivity index (χ0) is 15.8. The van der Waals surface area contributed by atoms with E-state index in [1.54, 1.807) is 0 Å². The number of carbonyl (C=O) groups excluding carboxylic acids is 1. The molecule has 2 aliphatic rings. The smallest absolute Gasteiger partial charge is 0.409 e. The fourth-order valence-electron chi connectivity index (χ4n) is 3.11. The van der Waals surface area contributed by atoms with Crippen LogP contribution < -0.4 is 5.32 Å². The molecule has 6 unspecified atom stereocenters. The maximum absolute atomic E-state index is 11.8. The lowest BCUT2D eigenvalue weighted by Gasteiger charge is -2.41. The van der Waals surface area contributed by atoms with E-state index in [1.807, 2.05) is 13.8 Å². The molecule has 2 heterocycles. The molecule has 6 atom stereocenters. The summed E-state index contributed by atoms with van der Waals surface area (Å²) in [5.41, 5.74) is -1.67. The third-order valence-electron chi connectivity index (χ3n) is 4.73. The average molecular weight is 299 g/mol. The molecule has 0 bridgehead atoms. The quantitative estimate of drug-likeness (QED) is 0.575. The number of cyclic esters (lactones) is 1. The van der Waals surface area contributed by atoms with Crippen LogP contribution in [-0.2, 0) is 14.2 Å². The number of hydrogen-bond donors (Lipinski definition) is 2. The van der Waals surface area contributed by atoms with Crippen molar-refractivity contribution in [2.45, 2.75) is 63.3 Å². The second-order valence-electron chi connectivity index (χ2n) is 6.15.